The molecule has 0 unspecified atom stereocenters. The number of piperazine rings is 1. The first-order valence-electron chi connectivity index (χ1n) is 10.3. The molecule has 2 aromatic rings. The maximum Gasteiger partial charge on any atom is 0.354 e. The van der Waals surface area contributed by atoms with Crippen molar-refractivity contribution < 1.29 is 18.0 Å². The lowest BCUT2D eigenvalue weighted by Crippen LogP contribution is -2.45. The third-order valence-electron chi connectivity index (χ3n) is 5.63. The van der Waals surface area contributed by atoms with Gasteiger partial charge in [0.25, 0.3) is 5.16 Å². The first-order valence-corrected chi connectivity index (χ1v) is 11.8. The Morgan fingerprint density at radius 1 is 1.00 bits per heavy atom. The van der Waals surface area contributed by atoms with E-state index in [4.69, 9.17) is 13.4 Å². The molecule has 0 aliphatic carbocycles. The fourth-order valence-electron chi connectivity index (χ4n) is 3.91. The van der Waals surface area contributed by atoms with Gasteiger partial charge in [-0.2, -0.15) is 0 Å². The predicted octanol–water partition coefficient (Wildman–Crippen LogP) is 2.29. The standard InChI is InChI=1S/C22H24N4O4S/c1-24-11-13-25(14-12-24)10-9-18-15-26-16-19(17-5-3-2-4-6-17)31(22(26)23-18)29-20(27)7-8-21(28)30-31/h2-8,15-16H,9-14H2,1H3. The van der Waals surface area contributed by atoms with E-state index in [0.717, 1.165) is 62.6 Å². The summed E-state index contributed by atoms with van der Waals surface area (Å²) in [4.78, 5) is 34.9. The Hall–Kier alpha value is -2.88. The van der Waals surface area contributed by atoms with E-state index in [1.807, 2.05) is 47.3 Å². The quantitative estimate of drug-likeness (QED) is 0.722. The van der Waals surface area contributed by atoms with E-state index in [0.29, 0.717) is 10.1 Å². The second-order valence-electron chi connectivity index (χ2n) is 7.82. The Labute approximate surface area is 182 Å². The molecule has 1 aromatic carbocycles. The number of benzene rings is 1. The molecule has 0 atom stereocenters. The lowest BCUT2D eigenvalue weighted by atomic mass is 10.2. The van der Waals surface area contributed by atoms with Crippen LogP contribution in [0.5, 0.6) is 0 Å². The van der Waals surface area contributed by atoms with Crippen LogP contribution in [-0.2, 0) is 24.4 Å². The summed E-state index contributed by atoms with van der Waals surface area (Å²) in [5, 5.41) is 0.463. The molecule has 3 aliphatic rings. The zero-order valence-electron chi connectivity index (χ0n) is 17.3. The van der Waals surface area contributed by atoms with Gasteiger partial charge in [0.05, 0.1) is 5.69 Å². The molecule has 0 N–H and O–H groups in total. The van der Waals surface area contributed by atoms with Crippen LogP contribution in [0.4, 0.5) is 0 Å². The molecule has 0 amide bonds. The molecule has 1 fully saturated rings. The van der Waals surface area contributed by atoms with Crippen LogP contribution in [0.1, 0.15) is 11.3 Å². The van der Waals surface area contributed by atoms with Crippen molar-refractivity contribution in [3.63, 3.8) is 0 Å². The molecule has 0 saturated carbocycles. The molecule has 31 heavy (non-hydrogen) atoms. The van der Waals surface area contributed by atoms with E-state index >= 15 is 0 Å². The van der Waals surface area contributed by atoms with Crippen LogP contribution in [0.15, 0.2) is 53.8 Å². The van der Waals surface area contributed by atoms with Gasteiger partial charge in [-0.25, -0.2) is 14.6 Å². The molecular weight excluding hydrogens is 416 g/mol. The lowest BCUT2D eigenvalue weighted by Gasteiger charge is -2.36. The number of hydrogen-bond donors (Lipinski definition) is 0. The highest BCUT2D eigenvalue weighted by atomic mass is 32.3. The molecule has 1 aromatic heterocycles. The Balaban J connectivity index is 1.46. The summed E-state index contributed by atoms with van der Waals surface area (Å²) in [6, 6.07) is 9.50. The van der Waals surface area contributed by atoms with Gasteiger partial charge in [0.2, 0.25) is 0 Å². The van der Waals surface area contributed by atoms with E-state index in [1.165, 1.54) is 0 Å². The third-order valence-corrected chi connectivity index (χ3v) is 8.13. The average molecular weight is 441 g/mol. The molecule has 5 rings (SSSR count). The van der Waals surface area contributed by atoms with Crippen molar-refractivity contribution in [2.24, 2.45) is 0 Å². The summed E-state index contributed by atoms with van der Waals surface area (Å²) in [6.07, 6.45) is 6.78. The van der Waals surface area contributed by atoms with E-state index in [1.54, 1.807) is 0 Å². The van der Waals surface area contributed by atoms with Crippen LogP contribution in [-0.4, -0.2) is 71.1 Å². The van der Waals surface area contributed by atoms with Gasteiger partial charge < -0.3 is 18.2 Å². The predicted molar refractivity (Wildman–Crippen MR) is 118 cm³/mol. The third kappa shape index (κ3) is 3.80. The zero-order chi connectivity index (χ0) is 21.4. The molecule has 3 aliphatic heterocycles. The van der Waals surface area contributed by atoms with E-state index in [-0.39, 0.29) is 0 Å². The summed E-state index contributed by atoms with van der Waals surface area (Å²) < 4.78 is 13.4. The number of aromatic nitrogens is 2. The number of carbonyl (C=O) groups excluding carboxylic acids is 2. The van der Waals surface area contributed by atoms with Gasteiger partial charge >= 0.3 is 11.9 Å². The number of likely N-dealkylation sites (N-methyl/N-ethyl adjacent to an activating group) is 1. The summed E-state index contributed by atoms with van der Waals surface area (Å²) in [5.41, 5.74) is 1.71. The first kappa shape index (κ1) is 20.0. The van der Waals surface area contributed by atoms with Gasteiger partial charge in [-0.05, 0) is 17.6 Å². The molecule has 0 bridgehead atoms. The van der Waals surface area contributed by atoms with Gasteiger partial charge in [0.1, 0.15) is 4.91 Å². The van der Waals surface area contributed by atoms with Crippen LogP contribution in [0.25, 0.3) is 11.1 Å². The summed E-state index contributed by atoms with van der Waals surface area (Å²) in [5.74, 6) is -1.23. The minimum absolute atomic E-state index is 0.463. The Morgan fingerprint density at radius 3 is 2.35 bits per heavy atom. The van der Waals surface area contributed by atoms with Gasteiger partial charge in [0, 0.05) is 69.3 Å². The van der Waals surface area contributed by atoms with E-state index in [9.17, 15) is 9.59 Å². The van der Waals surface area contributed by atoms with Crippen LogP contribution >= 0.6 is 10.6 Å². The molecule has 8 nitrogen and oxygen atoms in total. The fraction of sp³-hybridized carbons (Fsp3) is 0.318. The first-order chi connectivity index (χ1) is 15.0. The minimum atomic E-state index is -2.85. The SMILES string of the molecule is CN1CCN(CCc2cn3c(n2)S2(OC(=O)C=CC(=O)O2)C(c2ccccc2)=C3)CC1. The molecule has 1 spiro atoms. The van der Waals surface area contributed by atoms with Crippen molar-refractivity contribution in [3.05, 3.63) is 59.9 Å². The highest BCUT2D eigenvalue weighted by molar-refractivity contribution is 8.34. The van der Waals surface area contributed by atoms with Gasteiger partial charge in [-0.1, -0.05) is 30.3 Å². The monoisotopic (exact) mass is 440 g/mol. The molecule has 1 saturated heterocycles. The Morgan fingerprint density at radius 2 is 1.68 bits per heavy atom. The van der Waals surface area contributed by atoms with Crippen molar-refractivity contribution in [2.45, 2.75) is 11.6 Å². The number of rotatable bonds is 4. The number of hydrogen-bond acceptors (Lipinski definition) is 7. The Kier molecular flexibility index (Phi) is 5.17. The molecule has 9 heteroatoms. The molecule has 0 radical (unpaired) electrons. The zero-order valence-corrected chi connectivity index (χ0v) is 18.1. The maximum absolute atomic E-state index is 12.3. The fourth-order valence-corrected chi connectivity index (χ4v) is 6.36. The smallest absolute Gasteiger partial charge is 0.328 e. The highest BCUT2D eigenvalue weighted by Crippen LogP contribution is 2.70. The summed E-state index contributed by atoms with van der Waals surface area (Å²) in [7, 11) is -0.710. The molecule has 162 valence electrons. The summed E-state index contributed by atoms with van der Waals surface area (Å²) in [6.45, 7) is 5.11. The second kappa shape index (κ2) is 7.99. The largest absolute Gasteiger partial charge is 0.354 e. The summed E-state index contributed by atoms with van der Waals surface area (Å²) >= 11 is 0. The van der Waals surface area contributed by atoms with Gasteiger partial charge in [0.15, 0.2) is 0 Å². The van der Waals surface area contributed by atoms with Crippen LogP contribution < -0.4 is 0 Å². The van der Waals surface area contributed by atoms with Crippen LogP contribution in [0.2, 0.25) is 0 Å². The second-order valence-corrected chi connectivity index (χ2v) is 9.96. The minimum Gasteiger partial charge on any atom is -0.328 e. The topological polar surface area (TPSA) is 76.9 Å². The van der Waals surface area contributed by atoms with E-state index < -0.39 is 22.5 Å². The Bertz CT molecular complexity index is 1050. The van der Waals surface area contributed by atoms with Gasteiger partial charge in [-0.3, -0.25) is 4.57 Å². The van der Waals surface area contributed by atoms with Crippen LogP contribution in [0.3, 0.4) is 0 Å². The van der Waals surface area contributed by atoms with Crippen LogP contribution in [0, 0.1) is 0 Å². The number of imidazole rings is 1. The normalized spacial score (nSPS) is 21.9. The van der Waals surface area contributed by atoms with Crippen molar-refractivity contribution >= 4 is 33.6 Å². The molecule has 4 heterocycles. The lowest BCUT2D eigenvalue weighted by molar-refractivity contribution is -0.129. The van der Waals surface area contributed by atoms with Crippen molar-refractivity contribution in [1.29, 1.82) is 0 Å². The maximum atomic E-state index is 12.3. The van der Waals surface area contributed by atoms with Crippen molar-refractivity contribution in [1.82, 2.24) is 19.4 Å². The average Bonchev–Trinajstić information content (AvgIpc) is 3.25. The number of fused-ring (bicyclic) bond motifs is 2. The van der Waals surface area contributed by atoms with E-state index in [2.05, 4.69) is 16.8 Å². The number of nitrogens with zero attached hydrogens (tertiary/aromatic N) is 4. The highest BCUT2D eigenvalue weighted by Gasteiger charge is 2.45. The van der Waals surface area contributed by atoms with Crippen molar-refractivity contribution in [2.75, 3.05) is 39.8 Å². The number of carbonyl (C=O) groups is 2. The van der Waals surface area contributed by atoms with Gasteiger partial charge in [-0.15, -0.1) is 0 Å². The molecular formula is C22H24N4O4S. The van der Waals surface area contributed by atoms with Crippen molar-refractivity contribution in [3.8, 4) is 0 Å².